The molecule has 0 spiro atoms. The second kappa shape index (κ2) is 7.59. The number of benzene rings is 2. The molecule has 0 bridgehead atoms. The second-order valence-corrected chi connectivity index (χ2v) is 7.31. The van der Waals surface area contributed by atoms with Crippen LogP contribution in [0.4, 0.5) is 18.9 Å². The fraction of sp³-hybridized carbons (Fsp3) is 0.318. The molecule has 4 rings (SSSR count). The third kappa shape index (κ3) is 3.81. The van der Waals surface area contributed by atoms with E-state index in [1.165, 1.54) is 13.2 Å². The molecule has 0 aliphatic carbocycles. The van der Waals surface area contributed by atoms with E-state index in [0.717, 1.165) is 41.6 Å². The van der Waals surface area contributed by atoms with E-state index >= 15 is 0 Å². The molecule has 2 heterocycles. The van der Waals surface area contributed by atoms with Crippen molar-refractivity contribution < 1.29 is 32.5 Å². The number of rotatable bonds is 6. The predicted molar refractivity (Wildman–Crippen MR) is 104 cm³/mol. The number of aliphatic carboxylic acids is 1. The van der Waals surface area contributed by atoms with Gasteiger partial charge in [0.2, 0.25) is 0 Å². The monoisotopic (exact) mass is 419 g/mol. The van der Waals surface area contributed by atoms with Gasteiger partial charge >= 0.3 is 12.1 Å². The first-order valence-corrected chi connectivity index (χ1v) is 9.46. The molecule has 0 saturated carbocycles. The number of hydrogen-bond donors (Lipinski definition) is 1. The molecule has 0 fully saturated rings. The number of carboxylic acids is 1. The van der Waals surface area contributed by atoms with Gasteiger partial charge in [0.25, 0.3) is 0 Å². The van der Waals surface area contributed by atoms with Crippen molar-refractivity contribution in [3.8, 4) is 11.5 Å². The predicted octanol–water partition coefficient (Wildman–Crippen LogP) is 4.79. The molecule has 2 aromatic carbocycles. The summed E-state index contributed by atoms with van der Waals surface area (Å²) in [7, 11) is 1.20. The van der Waals surface area contributed by atoms with Crippen molar-refractivity contribution in [2.45, 2.75) is 32.0 Å². The summed E-state index contributed by atoms with van der Waals surface area (Å²) >= 11 is 0. The van der Waals surface area contributed by atoms with E-state index in [1.54, 1.807) is 12.1 Å². The maximum Gasteiger partial charge on any atom is 0.419 e. The van der Waals surface area contributed by atoms with Crippen LogP contribution in [-0.2, 0) is 24.0 Å². The van der Waals surface area contributed by atoms with Gasteiger partial charge in [-0.1, -0.05) is 6.07 Å². The maximum atomic E-state index is 13.2. The molecule has 0 atom stereocenters. The molecule has 2 aliphatic rings. The van der Waals surface area contributed by atoms with Crippen LogP contribution in [0.25, 0.3) is 0 Å². The first kappa shape index (κ1) is 20.1. The molecule has 0 aromatic heterocycles. The Morgan fingerprint density at radius 3 is 2.70 bits per heavy atom. The first-order chi connectivity index (χ1) is 14.3. The lowest BCUT2D eigenvalue weighted by Crippen LogP contribution is -2.13. The summed E-state index contributed by atoms with van der Waals surface area (Å²) in [5, 5.41) is 9.08. The van der Waals surface area contributed by atoms with E-state index in [-0.39, 0.29) is 18.8 Å². The third-order valence-corrected chi connectivity index (χ3v) is 5.41. The van der Waals surface area contributed by atoms with Crippen LogP contribution in [0, 0.1) is 0 Å². The number of nitrogens with zero attached hydrogens (tertiary/aromatic N) is 1. The second-order valence-electron chi connectivity index (χ2n) is 7.31. The largest absolute Gasteiger partial charge is 0.496 e. The van der Waals surface area contributed by atoms with Gasteiger partial charge in [0.15, 0.2) is 0 Å². The number of halogens is 3. The third-order valence-electron chi connectivity index (χ3n) is 5.41. The molecule has 5 nitrogen and oxygen atoms in total. The molecule has 2 aliphatic heterocycles. The highest BCUT2D eigenvalue weighted by Crippen LogP contribution is 2.43. The molecular weight excluding hydrogens is 399 g/mol. The molecule has 8 heteroatoms. The van der Waals surface area contributed by atoms with Gasteiger partial charge in [0, 0.05) is 24.4 Å². The van der Waals surface area contributed by atoms with Crippen molar-refractivity contribution in [3.63, 3.8) is 0 Å². The van der Waals surface area contributed by atoms with Crippen LogP contribution in [-0.4, -0.2) is 24.7 Å². The van der Waals surface area contributed by atoms with Crippen LogP contribution < -0.4 is 14.4 Å². The number of carbonyl (C=O) groups is 1. The highest BCUT2D eigenvalue weighted by atomic mass is 19.4. The van der Waals surface area contributed by atoms with Crippen LogP contribution in [0.5, 0.6) is 11.5 Å². The zero-order valence-corrected chi connectivity index (χ0v) is 16.3. The van der Waals surface area contributed by atoms with Crippen LogP contribution >= 0.6 is 0 Å². The number of alkyl halides is 3. The van der Waals surface area contributed by atoms with E-state index in [4.69, 9.17) is 14.6 Å². The van der Waals surface area contributed by atoms with E-state index in [2.05, 4.69) is 4.90 Å². The molecule has 0 radical (unpaired) electrons. The minimum absolute atomic E-state index is 0.0114. The Kier molecular flexibility index (Phi) is 5.09. The van der Waals surface area contributed by atoms with Crippen molar-refractivity contribution in [3.05, 3.63) is 64.4 Å². The molecule has 2 aromatic rings. The Labute approximate surface area is 171 Å². The Balaban J connectivity index is 1.50. The van der Waals surface area contributed by atoms with Crippen LogP contribution in [0.1, 0.15) is 29.5 Å². The molecule has 0 amide bonds. The van der Waals surface area contributed by atoms with Gasteiger partial charge in [-0.2, -0.15) is 13.2 Å². The summed E-state index contributed by atoms with van der Waals surface area (Å²) in [6.07, 6.45) is -3.08. The van der Waals surface area contributed by atoms with E-state index in [1.807, 2.05) is 12.1 Å². The molecule has 158 valence electrons. The van der Waals surface area contributed by atoms with Gasteiger partial charge in [-0.15, -0.1) is 0 Å². The average molecular weight is 419 g/mol. The molecular formula is C22H20F3NO4. The first-order valence-electron chi connectivity index (χ1n) is 9.46. The molecule has 0 unspecified atom stereocenters. The van der Waals surface area contributed by atoms with Crippen molar-refractivity contribution in [1.29, 1.82) is 0 Å². The number of anilines is 1. The van der Waals surface area contributed by atoms with Crippen molar-refractivity contribution in [1.82, 2.24) is 0 Å². The quantitative estimate of drug-likeness (QED) is 0.730. The lowest BCUT2D eigenvalue weighted by molar-refractivity contribution is -0.139. The molecule has 1 N–H and O–H groups in total. The zero-order chi connectivity index (χ0) is 21.5. The number of ether oxygens (including phenoxy) is 2. The van der Waals surface area contributed by atoms with Crippen LogP contribution in [0.15, 0.2) is 47.7 Å². The van der Waals surface area contributed by atoms with E-state index < -0.39 is 17.7 Å². The Hall–Kier alpha value is -3.16. The lowest BCUT2D eigenvalue weighted by Gasteiger charge is -2.16. The number of carboxylic acid groups (broad SMARTS) is 1. The number of methoxy groups -OCH3 is 1. The Morgan fingerprint density at radius 1 is 1.20 bits per heavy atom. The summed E-state index contributed by atoms with van der Waals surface area (Å²) in [5.41, 5.74) is 3.58. The van der Waals surface area contributed by atoms with Crippen LogP contribution in [0.3, 0.4) is 0 Å². The van der Waals surface area contributed by atoms with Crippen molar-refractivity contribution in [2.75, 3.05) is 18.6 Å². The fourth-order valence-corrected chi connectivity index (χ4v) is 4.05. The normalized spacial score (nSPS) is 15.3. The van der Waals surface area contributed by atoms with E-state index in [0.29, 0.717) is 17.7 Å². The SMILES string of the molecule is COc1ccc(COc2ccc3c(c2)CC2=C(CC(=O)O)CCN23)cc1C(F)(F)F. The van der Waals surface area contributed by atoms with E-state index in [9.17, 15) is 18.0 Å². The topological polar surface area (TPSA) is 59.0 Å². The fourth-order valence-electron chi connectivity index (χ4n) is 4.05. The summed E-state index contributed by atoms with van der Waals surface area (Å²) in [6, 6.07) is 9.43. The maximum absolute atomic E-state index is 13.2. The zero-order valence-electron chi connectivity index (χ0n) is 16.3. The van der Waals surface area contributed by atoms with Gasteiger partial charge in [0.05, 0.1) is 19.1 Å². The number of hydrogen-bond acceptors (Lipinski definition) is 4. The van der Waals surface area contributed by atoms with Crippen molar-refractivity contribution >= 4 is 11.7 Å². The smallest absolute Gasteiger partial charge is 0.419 e. The summed E-state index contributed by atoms with van der Waals surface area (Å²) < 4.78 is 50.1. The van der Waals surface area contributed by atoms with Gasteiger partial charge in [-0.05, 0) is 53.5 Å². The highest BCUT2D eigenvalue weighted by molar-refractivity contribution is 5.74. The number of fused-ring (bicyclic) bond motifs is 3. The van der Waals surface area contributed by atoms with Crippen molar-refractivity contribution in [2.24, 2.45) is 0 Å². The Morgan fingerprint density at radius 2 is 2.00 bits per heavy atom. The van der Waals surface area contributed by atoms with Crippen LogP contribution in [0.2, 0.25) is 0 Å². The minimum atomic E-state index is -4.51. The van der Waals surface area contributed by atoms with Gasteiger partial charge in [-0.25, -0.2) is 0 Å². The average Bonchev–Trinajstić information content (AvgIpc) is 3.24. The van der Waals surface area contributed by atoms with Gasteiger partial charge in [0.1, 0.15) is 18.1 Å². The highest BCUT2D eigenvalue weighted by Gasteiger charge is 2.35. The van der Waals surface area contributed by atoms with Gasteiger partial charge < -0.3 is 19.5 Å². The standard InChI is InChI=1S/C22H20F3NO4/c1-29-20-5-2-13(8-17(20)22(23,24)25)12-30-16-3-4-18-15(9-16)10-19-14(11-21(27)28)6-7-26(18)19/h2-5,8-9H,6-7,10-12H2,1H3,(H,27,28). The van der Waals surface area contributed by atoms with Gasteiger partial charge in [-0.3, -0.25) is 4.79 Å². The molecule has 0 saturated heterocycles. The summed E-state index contributed by atoms with van der Waals surface area (Å²) in [6.45, 7) is 0.750. The number of allylic oxidation sites excluding steroid dienone is 1. The lowest BCUT2D eigenvalue weighted by atomic mass is 10.1. The summed E-state index contributed by atoms with van der Waals surface area (Å²) in [5.74, 6) is -0.508. The minimum Gasteiger partial charge on any atom is -0.496 e. The summed E-state index contributed by atoms with van der Waals surface area (Å²) in [4.78, 5) is 13.2. The Bertz CT molecular complexity index is 1030. The molecule has 30 heavy (non-hydrogen) atoms.